The summed E-state index contributed by atoms with van der Waals surface area (Å²) >= 11 is 9.82. The number of halogens is 1. The van der Waals surface area contributed by atoms with Crippen LogP contribution in [0.5, 0.6) is 0 Å². The largest absolute Gasteiger partial charge is 0.326 e. The van der Waals surface area contributed by atoms with Gasteiger partial charge < -0.3 is 5.73 Å². The minimum absolute atomic E-state index is 0.138. The van der Waals surface area contributed by atoms with Crippen LogP contribution in [0.1, 0.15) is 29.0 Å². The van der Waals surface area contributed by atoms with E-state index in [-0.39, 0.29) is 11.3 Å². The van der Waals surface area contributed by atoms with Gasteiger partial charge in [-0.25, -0.2) is 0 Å². The van der Waals surface area contributed by atoms with E-state index >= 15 is 0 Å². The van der Waals surface area contributed by atoms with Crippen molar-refractivity contribution in [2.75, 3.05) is 0 Å². The van der Waals surface area contributed by atoms with Gasteiger partial charge >= 0.3 is 0 Å². The van der Waals surface area contributed by atoms with E-state index in [1.54, 1.807) is 23.1 Å². The molecule has 0 radical (unpaired) electrons. The summed E-state index contributed by atoms with van der Waals surface area (Å²) in [5, 5.41) is 3.20. The zero-order valence-electron chi connectivity index (χ0n) is 11.1. The summed E-state index contributed by atoms with van der Waals surface area (Å²) in [4.78, 5) is 2.46. The van der Waals surface area contributed by atoms with E-state index in [1.165, 1.54) is 10.4 Å². The lowest BCUT2D eigenvalue weighted by molar-refractivity contribution is 0.638. The molecule has 1 heterocycles. The van der Waals surface area contributed by atoms with Crippen molar-refractivity contribution in [3.8, 4) is 0 Å². The molecule has 1 aromatic heterocycles. The molecule has 2 rings (SSSR count). The van der Waals surface area contributed by atoms with Gasteiger partial charge in [0.1, 0.15) is 0 Å². The van der Waals surface area contributed by atoms with Gasteiger partial charge in [-0.15, -0.1) is 23.1 Å². The van der Waals surface area contributed by atoms with E-state index in [2.05, 4.69) is 31.4 Å². The second kappa shape index (κ2) is 6.80. The van der Waals surface area contributed by atoms with Crippen molar-refractivity contribution in [3.05, 3.63) is 51.2 Å². The van der Waals surface area contributed by atoms with Gasteiger partial charge in [0.25, 0.3) is 0 Å². The fourth-order valence-corrected chi connectivity index (χ4v) is 4.74. The summed E-state index contributed by atoms with van der Waals surface area (Å²) in [5.41, 5.74) is 7.64. The molecule has 2 unspecified atom stereocenters. The van der Waals surface area contributed by atoms with Gasteiger partial charge in [-0.2, -0.15) is 0 Å². The monoisotopic (exact) mass is 311 g/mol. The molecular formula is C15H18ClNS2. The van der Waals surface area contributed by atoms with E-state index < -0.39 is 0 Å². The van der Waals surface area contributed by atoms with Crippen LogP contribution in [0, 0.1) is 6.92 Å². The average molecular weight is 312 g/mol. The molecule has 4 heteroatoms. The Morgan fingerprint density at radius 3 is 2.63 bits per heavy atom. The molecule has 0 aliphatic carbocycles. The summed E-state index contributed by atoms with van der Waals surface area (Å²) in [7, 11) is 0. The normalized spacial score (nSPS) is 14.3. The van der Waals surface area contributed by atoms with Crippen LogP contribution in [0.2, 0.25) is 5.02 Å². The van der Waals surface area contributed by atoms with Crippen molar-refractivity contribution in [1.29, 1.82) is 0 Å². The van der Waals surface area contributed by atoms with E-state index in [9.17, 15) is 0 Å². The van der Waals surface area contributed by atoms with Crippen molar-refractivity contribution in [2.45, 2.75) is 36.5 Å². The average Bonchev–Trinajstić information content (AvgIpc) is 2.83. The smallest absolute Gasteiger partial charge is 0.0592 e. The van der Waals surface area contributed by atoms with Crippen molar-refractivity contribution in [2.24, 2.45) is 5.73 Å². The Kier molecular flexibility index (Phi) is 5.34. The second-order valence-corrected chi connectivity index (χ2v) is 7.05. The van der Waals surface area contributed by atoms with Crippen molar-refractivity contribution in [3.63, 3.8) is 0 Å². The fraction of sp³-hybridized carbons (Fsp3) is 0.333. The molecule has 2 N–H and O–H groups in total. The number of hydrogen-bond acceptors (Lipinski definition) is 3. The third-order valence-electron chi connectivity index (χ3n) is 3.11. The van der Waals surface area contributed by atoms with Crippen LogP contribution in [-0.2, 0) is 0 Å². The van der Waals surface area contributed by atoms with Crippen LogP contribution in [-0.4, -0.2) is 6.04 Å². The lowest BCUT2D eigenvalue weighted by atomic mass is 10.1. The third kappa shape index (κ3) is 3.54. The maximum absolute atomic E-state index is 6.32. The van der Waals surface area contributed by atoms with Crippen LogP contribution >= 0.6 is 34.7 Å². The molecule has 2 atom stereocenters. The molecule has 1 nitrogen and oxygen atoms in total. The Balaban J connectivity index is 2.30. The molecule has 0 aliphatic heterocycles. The van der Waals surface area contributed by atoms with Crippen LogP contribution in [0.15, 0.2) is 40.6 Å². The molecule has 0 fully saturated rings. The SMILES string of the molecule is CCC(N)C(Sc1ccccc1Cl)c1sccc1C. The number of rotatable bonds is 5. The standard InChI is InChI=1S/C15H18ClNS2/c1-3-12(17)15(14-10(2)8-9-18-14)19-13-7-5-4-6-11(13)16/h4-9,12,15H,3,17H2,1-2H3. The Hall–Kier alpha value is -0.480. The number of thiophene rings is 1. The van der Waals surface area contributed by atoms with E-state index in [4.69, 9.17) is 17.3 Å². The highest BCUT2D eigenvalue weighted by molar-refractivity contribution is 7.99. The molecule has 102 valence electrons. The Labute approximate surface area is 128 Å². The number of aryl methyl sites for hydroxylation is 1. The molecule has 0 aliphatic rings. The van der Waals surface area contributed by atoms with Crippen LogP contribution < -0.4 is 5.73 Å². The molecule has 0 spiro atoms. The summed E-state index contributed by atoms with van der Waals surface area (Å²) in [6.07, 6.45) is 0.958. The lowest BCUT2D eigenvalue weighted by Gasteiger charge is -2.22. The van der Waals surface area contributed by atoms with Gasteiger partial charge in [-0.05, 0) is 42.5 Å². The molecule has 1 aromatic carbocycles. The fourth-order valence-electron chi connectivity index (χ4n) is 1.90. The molecular weight excluding hydrogens is 294 g/mol. The topological polar surface area (TPSA) is 26.0 Å². The molecule has 0 bridgehead atoms. The van der Waals surface area contributed by atoms with Gasteiger partial charge in [0, 0.05) is 15.8 Å². The van der Waals surface area contributed by atoms with Gasteiger partial charge in [0.2, 0.25) is 0 Å². The Bertz CT molecular complexity index is 538. The summed E-state index contributed by atoms with van der Waals surface area (Å²) in [6, 6.07) is 10.3. The highest BCUT2D eigenvalue weighted by atomic mass is 35.5. The number of hydrogen-bond donors (Lipinski definition) is 1. The first-order valence-corrected chi connectivity index (χ1v) is 8.48. The first kappa shape index (κ1) is 14.9. The molecule has 0 amide bonds. The predicted molar refractivity (Wildman–Crippen MR) is 87.4 cm³/mol. The number of nitrogens with two attached hydrogens (primary N) is 1. The Morgan fingerprint density at radius 2 is 2.05 bits per heavy atom. The summed E-state index contributed by atoms with van der Waals surface area (Å²) < 4.78 is 0. The highest BCUT2D eigenvalue weighted by Gasteiger charge is 2.23. The minimum atomic E-state index is 0.138. The van der Waals surface area contributed by atoms with Crippen molar-refractivity contribution in [1.82, 2.24) is 0 Å². The van der Waals surface area contributed by atoms with Crippen LogP contribution in [0.4, 0.5) is 0 Å². The van der Waals surface area contributed by atoms with E-state index in [0.29, 0.717) is 0 Å². The minimum Gasteiger partial charge on any atom is -0.326 e. The maximum Gasteiger partial charge on any atom is 0.0592 e. The third-order valence-corrected chi connectivity index (χ3v) is 6.25. The molecule has 2 aromatic rings. The number of thioether (sulfide) groups is 1. The van der Waals surface area contributed by atoms with E-state index in [0.717, 1.165) is 16.3 Å². The molecule has 0 saturated heterocycles. The lowest BCUT2D eigenvalue weighted by Crippen LogP contribution is -2.25. The van der Waals surface area contributed by atoms with Gasteiger partial charge in [0.05, 0.1) is 10.3 Å². The van der Waals surface area contributed by atoms with Gasteiger partial charge in [0.15, 0.2) is 0 Å². The zero-order valence-corrected chi connectivity index (χ0v) is 13.5. The van der Waals surface area contributed by atoms with Crippen LogP contribution in [0.3, 0.4) is 0 Å². The van der Waals surface area contributed by atoms with Gasteiger partial charge in [-0.1, -0.05) is 30.7 Å². The van der Waals surface area contributed by atoms with Crippen LogP contribution in [0.25, 0.3) is 0 Å². The quantitative estimate of drug-likeness (QED) is 0.760. The van der Waals surface area contributed by atoms with Crippen molar-refractivity contribution < 1.29 is 0 Å². The number of benzene rings is 1. The maximum atomic E-state index is 6.32. The first-order chi connectivity index (χ1) is 9.13. The van der Waals surface area contributed by atoms with E-state index in [1.807, 2.05) is 18.2 Å². The Morgan fingerprint density at radius 1 is 1.32 bits per heavy atom. The second-order valence-electron chi connectivity index (χ2n) is 4.51. The van der Waals surface area contributed by atoms with Crippen molar-refractivity contribution >= 4 is 34.7 Å². The summed E-state index contributed by atoms with van der Waals surface area (Å²) in [6.45, 7) is 4.28. The first-order valence-electron chi connectivity index (χ1n) is 6.34. The highest BCUT2D eigenvalue weighted by Crippen LogP contribution is 2.43. The summed E-state index contributed by atoms with van der Waals surface area (Å²) in [5.74, 6) is 0. The predicted octanol–water partition coefficient (Wildman–Crippen LogP) is 5.28. The van der Waals surface area contributed by atoms with Gasteiger partial charge in [-0.3, -0.25) is 0 Å². The zero-order chi connectivity index (χ0) is 13.8. The molecule has 19 heavy (non-hydrogen) atoms. The molecule has 0 saturated carbocycles.